The standard InChI is InChI=1S/C34H56N2O6/c1-11-14-15-16-20-41-30(40)26-25-28(38)36(24(21-37)23(4)13-3)27(34(25)18-17-33(26,10)42-34)29(39)35(19-12-2)32(8,9)22-31(5,6)7/h11-12,23-27,37H,1-2,13-22H2,3-10H3/t23-,24-,25-,26+,27?,33-,34?/m0/s1. The lowest BCUT2D eigenvalue weighted by molar-refractivity contribution is -0.164. The summed E-state index contributed by atoms with van der Waals surface area (Å²) in [4.78, 5) is 46.6. The first kappa shape index (κ1) is 34.3. The van der Waals surface area contributed by atoms with Gasteiger partial charge in [-0.25, -0.2) is 0 Å². The summed E-state index contributed by atoms with van der Waals surface area (Å²) in [5, 5.41) is 10.6. The Morgan fingerprint density at radius 1 is 1.19 bits per heavy atom. The molecule has 1 spiro atoms. The molecule has 0 radical (unpaired) electrons. The average molecular weight is 589 g/mol. The van der Waals surface area contributed by atoms with Crippen molar-refractivity contribution >= 4 is 17.8 Å². The van der Waals surface area contributed by atoms with Crippen molar-refractivity contribution in [2.24, 2.45) is 23.2 Å². The van der Waals surface area contributed by atoms with Crippen LogP contribution < -0.4 is 0 Å². The Balaban J connectivity index is 2.10. The predicted molar refractivity (Wildman–Crippen MR) is 164 cm³/mol. The summed E-state index contributed by atoms with van der Waals surface area (Å²) in [6, 6.07) is -1.55. The molecule has 3 aliphatic heterocycles. The zero-order chi connectivity index (χ0) is 31.7. The number of hydrogen-bond donors (Lipinski definition) is 1. The Hall–Kier alpha value is -2.19. The normalized spacial score (nSPS) is 30.2. The van der Waals surface area contributed by atoms with Crippen molar-refractivity contribution in [3.63, 3.8) is 0 Å². The van der Waals surface area contributed by atoms with E-state index in [0.29, 0.717) is 32.2 Å². The Morgan fingerprint density at radius 3 is 2.40 bits per heavy atom. The smallest absolute Gasteiger partial charge is 0.312 e. The molecule has 3 saturated heterocycles. The molecule has 3 fully saturated rings. The van der Waals surface area contributed by atoms with Crippen LogP contribution in [0.1, 0.15) is 100 Å². The Kier molecular flexibility index (Phi) is 10.5. The summed E-state index contributed by atoms with van der Waals surface area (Å²) in [7, 11) is 0. The number of aliphatic hydroxyl groups is 1. The number of nitrogens with zero attached hydrogens (tertiary/aromatic N) is 2. The molecular formula is C34H56N2O6. The minimum absolute atomic E-state index is 0.0596. The molecule has 0 aromatic rings. The van der Waals surface area contributed by atoms with Crippen LogP contribution in [0.2, 0.25) is 0 Å². The number of fused-ring (bicyclic) bond motifs is 1. The van der Waals surface area contributed by atoms with E-state index >= 15 is 0 Å². The number of ether oxygens (including phenoxy) is 2. The molecule has 2 unspecified atom stereocenters. The topological polar surface area (TPSA) is 96.4 Å². The molecule has 0 aliphatic carbocycles. The fraction of sp³-hybridized carbons (Fsp3) is 0.794. The summed E-state index contributed by atoms with van der Waals surface area (Å²) < 4.78 is 12.5. The number of hydrogen-bond acceptors (Lipinski definition) is 6. The summed E-state index contributed by atoms with van der Waals surface area (Å²) in [6.45, 7) is 24.4. The van der Waals surface area contributed by atoms with Crippen molar-refractivity contribution in [2.75, 3.05) is 19.8 Å². The van der Waals surface area contributed by atoms with Gasteiger partial charge in [-0.05, 0) is 70.6 Å². The molecule has 0 aromatic heterocycles. The zero-order valence-electron chi connectivity index (χ0n) is 27.4. The van der Waals surface area contributed by atoms with Gasteiger partial charge in [-0.15, -0.1) is 13.2 Å². The van der Waals surface area contributed by atoms with Crippen LogP contribution in [-0.4, -0.2) is 81.3 Å². The molecule has 8 heteroatoms. The van der Waals surface area contributed by atoms with E-state index in [2.05, 4.69) is 47.8 Å². The lowest BCUT2D eigenvalue weighted by Crippen LogP contribution is -2.63. The molecule has 3 rings (SSSR count). The first-order chi connectivity index (χ1) is 19.5. The number of esters is 1. The second-order valence-corrected chi connectivity index (χ2v) is 14.8. The monoisotopic (exact) mass is 588 g/mol. The summed E-state index contributed by atoms with van der Waals surface area (Å²) in [5.41, 5.74) is -2.69. The van der Waals surface area contributed by atoms with E-state index in [1.165, 1.54) is 0 Å². The molecule has 7 atom stereocenters. The largest absolute Gasteiger partial charge is 0.465 e. The van der Waals surface area contributed by atoms with Gasteiger partial charge in [-0.1, -0.05) is 53.2 Å². The number of likely N-dealkylation sites (tertiary alicyclic amines) is 1. The first-order valence-corrected chi connectivity index (χ1v) is 15.9. The van der Waals surface area contributed by atoms with Gasteiger partial charge in [0.15, 0.2) is 0 Å². The molecule has 1 N–H and O–H groups in total. The molecule has 2 bridgehead atoms. The van der Waals surface area contributed by atoms with Crippen LogP contribution in [-0.2, 0) is 23.9 Å². The number of aliphatic hydroxyl groups excluding tert-OH is 1. The van der Waals surface area contributed by atoms with Gasteiger partial charge in [0.25, 0.3) is 0 Å². The van der Waals surface area contributed by atoms with Crippen molar-refractivity contribution in [1.82, 2.24) is 9.80 Å². The third kappa shape index (κ3) is 6.21. The second-order valence-electron chi connectivity index (χ2n) is 14.8. The van der Waals surface area contributed by atoms with E-state index < -0.39 is 46.6 Å². The van der Waals surface area contributed by atoms with E-state index in [4.69, 9.17) is 9.47 Å². The summed E-state index contributed by atoms with van der Waals surface area (Å²) in [6.07, 6.45) is 8.45. The van der Waals surface area contributed by atoms with Crippen LogP contribution in [0.4, 0.5) is 0 Å². The molecule has 3 aliphatic rings. The highest BCUT2D eigenvalue weighted by molar-refractivity contribution is 5.99. The molecule has 238 valence electrons. The molecule has 2 amide bonds. The number of amides is 2. The minimum atomic E-state index is -1.17. The van der Waals surface area contributed by atoms with E-state index in [1.807, 2.05) is 31.7 Å². The average Bonchev–Trinajstić information content (AvgIpc) is 3.46. The highest BCUT2D eigenvalue weighted by Crippen LogP contribution is 2.64. The fourth-order valence-corrected chi connectivity index (χ4v) is 8.13. The van der Waals surface area contributed by atoms with Crippen LogP contribution in [0, 0.1) is 23.2 Å². The molecular weight excluding hydrogens is 532 g/mol. The Labute approximate surface area is 253 Å². The van der Waals surface area contributed by atoms with Gasteiger partial charge >= 0.3 is 5.97 Å². The van der Waals surface area contributed by atoms with Crippen LogP contribution in [0.15, 0.2) is 25.3 Å². The van der Waals surface area contributed by atoms with Crippen molar-refractivity contribution in [3.05, 3.63) is 25.3 Å². The molecule has 0 saturated carbocycles. The lowest BCUT2D eigenvalue weighted by atomic mass is 9.66. The second kappa shape index (κ2) is 12.8. The third-order valence-electron chi connectivity index (χ3n) is 9.87. The minimum Gasteiger partial charge on any atom is -0.465 e. The highest BCUT2D eigenvalue weighted by Gasteiger charge is 2.79. The van der Waals surface area contributed by atoms with Gasteiger partial charge in [0.05, 0.1) is 30.8 Å². The van der Waals surface area contributed by atoms with Crippen LogP contribution in [0.25, 0.3) is 0 Å². The molecule has 8 nitrogen and oxygen atoms in total. The van der Waals surface area contributed by atoms with Gasteiger partial charge in [0, 0.05) is 12.1 Å². The number of rotatable bonds is 15. The number of carbonyl (C=O) groups is 3. The number of carbonyl (C=O) groups excluding carboxylic acids is 3. The number of unbranched alkanes of at least 4 members (excludes halogenated alkanes) is 2. The number of allylic oxidation sites excluding steroid dienone is 1. The summed E-state index contributed by atoms with van der Waals surface area (Å²) in [5.74, 6) is -2.68. The molecule has 0 aromatic carbocycles. The third-order valence-corrected chi connectivity index (χ3v) is 9.87. The van der Waals surface area contributed by atoms with Crippen molar-refractivity contribution in [1.29, 1.82) is 0 Å². The van der Waals surface area contributed by atoms with Crippen LogP contribution in [0.5, 0.6) is 0 Å². The Morgan fingerprint density at radius 2 is 1.86 bits per heavy atom. The van der Waals surface area contributed by atoms with Gasteiger partial charge in [-0.3, -0.25) is 14.4 Å². The van der Waals surface area contributed by atoms with Crippen molar-refractivity contribution in [2.45, 2.75) is 129 Å². The zero-order valence-corrected chi connectivity index (χ0v) is 27.4. The predicted octanol–water partition coefficient (Wildman–Crippen LogP) is 5.29. The summed E-state index contributed by atoms with van der Waals surface area (Å²) >= 11 is 0. The van der Waals surface area contributed by atoms with E-state index in [-0.39, 0.29) is 36.4 Å². The van der Waals surface area contributed by atoms with Crippen LogP contribution >= 0.6 is 0 Å². The van der Waals surface area contributed by atoms with Gasteiger partial charge < -0.3 is 24.4 Å². The lowest BCUT2D eigenvalue weighted by Gasteiger charge is -2.47. The van der Waals surface area contributed by atoms with Crippen LogP contribution in [0.3, 0.4) is 0 Å². The maximum atomic E-state index is 14.9. The highest BCUT2D eigenvalue weighted by atomic mass is 16.6. The molecule has 42 heavy (non-hydrogen) atoms. The first-order valence-electron chi connectivity index (χ1n) is 15.9. The Bertz CT molecular complexity index is 1030. The van der Waals surface area contributed by atoms with Gasteiger partial charge in [-0.2, -0.15) is 0 Å². The quantitative estimate of drug-likeness (QED) is 0.159. The maximum absolute atomic E-state index is 14.9. The van der Waals surface area contributed by atoms with E-state index in [0.717, 1.165) is 19.3 Å². The molecule has 3 heterocycles. The fourth-order valence-electron chi connectivity index (χ4n) is 8.13. The van der Waals surface area contributed by atoms with Crippen molar-refractivity contribution in [3.8, 4) is 0 Å². The van der Waals surface area contributed by atoms with E-state index in [9.17, 15) is 19.5 Å². The van der Waals surface area contributed by atoms with E-state index in [1.54, 1.807) is 11.0 Å². The maximum Gasteiger partial charge on any atom is 0.312 e. The van der Waals surface area contributed by atoms with Gasteiger partial charge in [0.2, 0.25) is 11.8 Å². The van der Waals surface area contributed by atoms with Crippen molar-refractivity contribution < 1.29 is 29.0 Å². The SMILES string of the molecule is C=CCCCCOC(=O)[C@H]1[C@H]2C(=O)N([C@@H](CO)[C@@H](C)CC)C(C(=O)N(CC=C)C(C)(C)CC(C)(C)C)C23CC[C@]1(C)O3. The van der Waals surface area contributed by atoms with Gasteiger partial charge in [0.1, 0.15) is 17.6 Å².